The smallest absolute Gasteiger partial charge is 0.178 e. The molecule has 0 aliphatic heterocycles. The predicted molar refractivity (Wildman–Crippen MR) is 83.9 cm³/mol. The maximum atomic E-state index is 13.8. The number of fused-ring (bicyclic) bond motifs is 1. The molecule has 1 aromatic carbocycles. The second-order valence-electron chi connectivity index (χ2n) is 5.93. The van der Waals surface area contributed by atoms with Gasteiger partial charge in [-0.05, 0) is 24.1 Å². The van der Waals surface area contributed by atoms with Gasteiger partial charge in [0, 0.05) is 32.4 Å². The Kier molecular flexibility index (Phi) is 4.68. The van der Waals surface area contributed by atoms with Gasteiger partial charge in [-0.15, -0.1) is 0 Å². The van der Waals surface area contributed by atoms with Gasteiger partial charge >= 0.3 is 0 Å². The summed E-state index contributed by atoms with van der Waals surface area (Å²) in [5, 5.41) is 0. The number of hydrogen-bond acceptors (Lipinski definition) is 3. The van der Waals surface area contributed by atoms with Crippen LogP contribution in [0.25, 0.3) is 11.0 Å². The van der Waals surface area contributed by atoms with Crippen LogP contribution in [-0.4, -0.2) is 30.4 Å². The third-order valence-corrected chi connectivity index (χ3v) is 3.94. The van der Waals surface area contributed by atoms with Crippen LogP contribution in [0.5, 0.6) is 5.75 Å². The van der Waals surface area contributed by atoms with Crippen LogP contribution in [0.1, 0.15) is 20.3 Å². The van der Waals surface area contributed by atoms with E-state index in [9.17, 15) is 4.39 Å². The molecule has 0 saturated heterocycles. The van der Waals surface area contributed by atoms with Crippen LogP contribution in [0, 0.1) is 16.0 Å². The first-order valence-electron chi connectivity index (χ1n) is 6.83. The van der Waals surface area contributed by atoms with Gasteiger partial charge in [0.05, 0.1) is 18.1 Å². The molecule has 21 heavy (non-hydrogen) atoms. The third-order valence-electron chi connectivity index (χ3n) is 3.62. The van der Waals surface area contributed by atoms with E-state index in [4.69, 9.17) is 21.7 Å². The van der Waals surface area contributed by atoms with Gasteiger partial charge in [0.2, 0.25) is 0 Å². The largest absolute Gasteiger partial charge is 0.494 e. The Morgan fingerprint density at radius 3 is 2.67 bits per heavy atom. The molecule has 1 aromatic heterocycles. The van der Waals surface area contributed by atoms with Gasteiger partial charge in [-0.3, -0.25) is 0 Å². The third kappa shape index (κ3) is 3.44. The molecular weight excluding hydrogens is 291 g/mol. The van der Waals surface area contributed by atoms with E-state index in [0.29, 0.717) is 16.9 Å². The van der Waals surface area contributed by atoms with E-state index in [-0.39, 0.29) is 11.2 Å². The fourth-order valence-electron chi connectivity index (χ4n) is 2.36. The summed E-state index contributed by atoms with van der Waals surface area (Å²) in [5.41, 5.74) is 1.55. The molecule has 4 nitrogen and oxygen atoms in total. The standard InChI is InChI=1S/C15H21FN2O2S/c1-15(2,5-6-19-3)9-18-12-8-13(20-4)10(16)7-11(12)17-14(18)21/h7-8H,5-6,9H2,1-4H3,(H,17,21). The molecule has 0 unspecified atom stereocenters. The lowest BCUT2D eigenvalue weighted by Crippen LogP contribution is -2.21. The summed E-state index contributed by atoms with van der Waals surface area (Å²) < 4.78 is 26.5. The maximum Gasteiger partial charge on any atom is 0.178 e. The fraction of sp³-hybridized carbons (Fsp3) is 0.533. The summed E-state index contributed by atoms with van der Waals surface area (Å²) >= 11 is 5.37. The molecule has 2 rings (SSSR count). The first-order valence-corrected chi connectivity index (χ1v) is 7.24. The Labute approximate surface area is 128 Å². The van der Waals surface area contributed by atoms with Crippen LogP contribution in [0.2, 0.25) is 0 Å². The van der Waals surface area contributed by atoms with E-state index < -0.39 is 5.82 Å². The lowest BCUT2D eigenvalue weighted by molar-refractivity contribution is 0.143. The minimum Gasteiger partial charge on any atom is -0.494 e. The molecule has 1 heterocycles. The molecule has 0 spiro atoms. The zero-order chi connectivity index (χ0) is 15.6. The summed E-state index contributed by atoms with van der Waals surface area (Å²) in [7, 11) is 3.15. The number of imidazole rings is 1. The molecule has 0 aliphatic carbocycles. The Bertz CT molecular complexity index is 691. The average Bonchev–Trinajstić information content (AvgIpc) is 2.70. The highest BCUT2D eigenvalue weighted by Gasteiger charge is 2.21. The first kappa shape index (κ1) is 16.0. The predicted octanol–water partition coefficient (Wildman–Crippen LogP) is 3.91. The van der Waals surface area contributed by atoms with Crippen LogP contribution in [0.15, 0.2) is 12.1 Å². The van der Waals surface area contributed by atoms with Crippen molar-refractivity contribution in [3.05, 3.63) is 22.7 Å². The fourth-order valence-corrected chi connectivity index (χ4v) is 2.63. The van der Waals surface area contributed by atoms with Gasteiger partial charge in [-0.25, -0.2) is 4.39 Å². The quantitative estimate of drug-likeness (QED) is 0.822. The van der Waals surface area contributed by atoms with Gasteiger partial charge in [0.1, 0.15) is 0 Å². The zero-order valence-corrected chi connectivity index (χ0v) is 13.6. The number of benzene rings is 1. The van der Waals surface area contributed by atoms with Crippen LogP contribution in [0.3, 0.4) is 0 Å². The first-order chi connectivity index (χ1) is 9.88. The number of rotatable bonds is 6. The van der Waals surface area contributed by atoms with E-state index in [0.717, 1.165) is 18.5 Å². The van der Waals surface area contributed by atoms with Crippen molar-refractivity contribution in [1.82, 2.24) is 9.55 Å². The number of halogens is 1. The summed E-state index contributed by atoms with van der Waals surface area (Å²) in [6, 6.07) is 3.10. The molecule has 116 valence electrons. The Morgan fingerprint density at radius 2 is 2.05 bits per heavy atom. The van der Waals surface area contributed by atoms with Crippen molar-refractivity contribution >= 4 is 23.3 Å². The number of aromatic nitrogens is 2. The number of ether oxygens (including phenoxy) is 2. The monoisotopic (exact) mass is 312 g/mol. The van der Waals surface area contributed by atoms with Crippen molar-refractivity contribution in [1.29, 1.82) is 0 Å². The zero-order valence-electron chi connectivity index (χ0n) is 12.8. The van der Waals surface area contributed by atoms with E-state index in [1.807, 2.05) is 4.57 Å². The minimum atomic E-state index is -0.396. The molecule has 0 bridgehead atoms. The Hall–Kier alpha value is -1.40. The van der Waals surface area contributed by atoms with Crippen molar-refractivity contribution in [3.63, 3.8) is 0 Å². The average molecular weight is 312 g/mol. The summed E-state index contributed by atoms with van der Waals surface area (Å²) in [4.78, 5) is 3.05. The number of nitrogens with one attached hydrogen (secondary N) is 1. The van der Waals surface area contributed by atoms with E-state index >= 15 is 0 Å². The van der Waals surface area contributed by atoms with E-state index in [2.05, 4.69) is 18.8 Å². The van der Waals surface area contributed by atoms with Crippen LogP contribution >= 0.6 is 12.2 Å². The normalized spacial score (nSPS) is 12.0. The maximum absolute atomic E-state index is 13.8. The molecule has 0 saturated carbocycles. The van der Waals surface area contributed by atoms with Crippen LogP contribution < -0.4 is 4.74 Å². The number of H-pyrrole nitrogens is 1. The van der Waals surface area contributed by atoms with Crippen molar-refractivity contribution in [2.75, 3.05) is 20.8 Å². The van der Waals surface area contributed by atoms with Crippen molar-refractivity contribution in [3.8, 4) is 5.75 Å². The van der Waals surface area contributed by atoms with Gasteiger partial charge in [0.15, 0.2) is 16.3 Å². The number of hydrogen-bond donors (Lipinski definition) is 1. The molecular formula is C15H21FN2O2S. The van der Waals surface area contributed by atoms with Gasteiger partial charge in [-0.1, -0.05) is 13.8 Å². The molecule has 2 aromatic rings. The molecule has 0 amide bonds. The van der Waals surface area contributed by atoms with E-state index in [1.54, 1.807) is 13.2 Å². The van der Waals surface area contributed by atoms with Gasteiger partial charge in [-0.2, -0.15) is 0 Å². The molecule has 0 aliphatic rings. The molecule has 6 heteroatoms. The molecule has 0 fully saturated rings. The van der Waals surface area contributed by atoms with Crippen molar-refractivity contribution in [2.45, 2.75) is 26.8 Å². The summed E-state index contributed by atoms with van der Waals surface area (Å²) in [5.74, 6) is -0.174. The summed E-state index contributed by atoms with van der Waals surface area (Å²) in [6.45, 7) is 5.74. The number of aromatic amines is 1. The Morgan fingerprint density at radius 1 is 1.33 bits per heavy atom. The number of nitrogens with zero attached hydrogens (tertiary/aromatic N) is 1. The summed E-state index contributed by atoms with van der Waals surface area (Å²) in [6.07, 6.45) is 0.913. The van der Waals surface area contributed by atoms with Crippen LogP contribution in [0.4, 0.5) is 4.39 Å². The highest BCUT2D eigenvalue weighted by molar-refractivity contribution is 7.71. The van der Waals surface area contributed by atoms with Crippen molar-refractivity contribution < 1.29 is 13.9 Å². The van der Waals surface area contributed by atoms with Crippen LogP contribution in [-0.2, 0) is 11.3 Å². The molecule has 1 N–H and O–H groups in total. The second-order valence-corrected chi connectivity index (χ2v) is 6.31. The lowest BCUT2D eigenvalue weighted by atomic mass is 9.89. The highest BCUT2D eigenvalue weighted by atomic mass is 32.1. The lowest BCUT2D eigenvalue weighted by Gasteiger charge is -2.25. The molecule has 0 radical (unpaired) electrons. The Balaban J connectivity index is 2.44. The molecule has 0 atom stereocenters. The minimum absolute atomic E-state index is 0.0188. The van der Waals surface area contributed by atoms with Crippen molar-refractivity contribution in [2.24, 2.45) is 5.41 Å². The highest BCUT2D eigenvalue weighted by Crippen LogP contribution is 2.29. The number of methoxy groups -OCH3 is 2. The van der Waals surface area contributed by atoms with E-state index in [1.165, 1.54) is 13.2 Å². The second kappa shape index (κ2) is 6.15. The SMILES string of the molecule is COCCC(C)(C)Cn1c(=S)[nH]c2cc(F)c(OC)cc21. The van der Waals surface area contributed by atoms with Gasteiger partial charge < -0.3 is 19.0 Å². The van der Waals surface area contributed by atoms with Gasteiger partial charge in [0.25, 0.3) is 0 Å². The topological polar surface area (TPSA) is 39.2 Å².